The largest absolute Gasteiger partial charge is 0.354 e. The van der Waals surface area contributed by atoms with Crippen molar-refractivity contribution in [2.45, 2.75) is 11.7 Å². The van der Waals surface area contributed by atoms with E-state index in [1.165, 1.54) is 47.4 Å². The smallest absolute Gasteiger partial charge is 0.234 e. The van der Waals surface area contributed by atoms with E-state index in [2.05, 4.69) is 25.8 Å². The fraction of sp³-hybridized carbons (Fsp3) is 0.143. The first-order valence-electron chi connectivity index (χ1n) is 9.40. The van der Waals surface area contributed by atoms with Gasteiger partial charge < -0.3 is 15.2 Å². The van der Waals surface area contributed by atoms with Crippen LogP contribution in [-0.2, 0) is 18.4 Å². The summed E-state index contributed by atoms with van der Waals surface area (Å²) < 4.78 is 14.8. The highest BCUT2D eigenvalue weighted by Gasteiger charge is 2.12. The Morgan fingerprint density at radius 1 is 1.13 bits per heavy atom. The number of anilines is 2. The molecule has 0 spiro atoms. The van der Waals surface area contributed by atoms with E-state index in [-0.39, 0.29) is 17.5 Å². The molecule has 0 atom stereocenters. The van der Waals surface area contributed by atoms with Crippen molar-refractivity contribution < 1.29 is 9.18 Å². The number of rotatable bonds is 8. The Bertz CT molecular complexity index is 1160. The van der Waals surface area contributed by atoms with Crippen LogP contribution < -0.4 is 10.6 Å². The zero-order valence-electron chi connectivity index (χ0n) is 16.6. The fourth-order valence-corrected chi connectivity index (χ4v) is 4.18. The molecule has 31 heavy (non-hydrogen) atoms. The first kappa shape index (κ1) is 21.0. The van der Waals surface area contributed by atoms with Gasteiger partial charge in [-0.15, -0.1) is 21.5 Å². The van der Waals surface area contributed by atoms with Crippen molar-refractivity contribution in [1.82, 2.24) is 19.7 Å². The normalized spacial score (nSPS) is 10.8. The van der Waals surface area contributed by atoms with Gasteiger partial charge in [0.2, 0.25) is 5.91 Å². The number of hydrogen-bond donors (Lipinski definition) is 2. The second-order valence-electron chi connectivity index (χ2n) is 6.56. The maximum atomic E-state index is 12.9. The number of nitrogens with one attached hydrogen (secondary N) is 2. The highest BCUT2D eigenvalue weighted by Crippen LogP contribution is 2.25. The topological polar surface area (TPSA) is 84.7 Å². The number of hydrogen-bond acceptors (Lipinski definition) is 7. The highest BCUT2D eigenvalue weighted by molar-refractivity contribution is 7.99. The van der Waals surface area contributed by atoms with Crippen LogP contribution in [0.3, 0.4) is 0 Å². The monoisotopic (exact) mass is 454 g/mol. The zero-order valence-corrected chi connectivity index (χ0v) is 18.2. The molecule has 1 amide bonds. The molecule has 0 fully saturated rings. The average Bonchev–Trinajstić information content (AvgIpc) is 3.40. The molecule has 2 aromatic heterocycles. The van der Waals surface area contributed by atoms with E-state index in [0.717, 1.165) is 22.2 Å². The standard InChI is InChI=1S/C21H19FN6OS2/c1-28-18(11-23-20-25-17(12-30-20)14-5-3-2-4-6-14)26-27-21(28)31-13-19(29)24-16-9-7-15(22)8-10-16/h2-10,12H,11,13H2,1H3,(H,23,25)(H,24,29). The lowest BCUT2D eigenvalue weighted by Gasteiger charge is -2.06. The van der Waals surface area contributed by atoms with Crippen molar-refractivity contribution in [2.75, 3.05) is 16.4 Å². The van der Waals surface area contributed by atoms with E-state index in [9.17, 15) is 9.18 Å². The Hall–Kier alpha value is -3.24. The van der Waals surface area contributed by atoms with Gasteiger partial charge in [-0.3, -0.25) is 4.79 Å². The fourth-order valence-electron chi connectivity index (χ4n) is 2.74. The van der Waals surface area contributed by atoms with Gasteiger partial charge in [0.1, 0.15) is 5.82 Å². The molecule has 0 unspecified atom stereocenters. The molecule has 0 aliphatic rings. The number of carbonyl (C=O) groups excluding carboxylic acids is 1. The third-order valence-electron chi connectivity index (χ3n) is 4.36. The summed E-state index contributed by atoms with van der Waals surface area (Å²) in [5, 5.41) is 17.8. The minimum absolute atomic E-state index is 0.170. The molecule has 0 saturated carbocycles. The number of halogens is 1. The summed E-state index contributed by atoms with van der Waals surface area (Å²) in [4.78, 5) is 16.7. The predicted octanol–water partition coefficient (Wildman–Crippen LogP) is 4.42. The Morgan fingerprint density at radius 2 is 1.90 bits per heavy atom. The summed E-state index contributed by atoms with van der Waals surface area (Å²) in [7, 11) is 1.86. The number of carbonyl (C=O) groups is 1. The quantitative estimate of drug-likeness (QED) is 0.384. The van der Waals surface area contributed by atoms with Crippen LogP contribution in [-0.4, -0.2) is 31.4 Å². The average molecular weight is 455 g/mol. The van der Waals surface area contributed by atoms with Crippen LogP contribution in [0.25, 0.3) is 11.3 Å². The van der Waals surface area contributed by atoms with E-state index < -0.39 is 0 Å². The van der Waals surface area contributed by atoms with Crippen LogP contribution in [0, 0.1) is 5.82 Å². The summed E-state index contributed by atoms with van der Waals surface area (Å²) in [6.07, 6.45) is 0. The molecule has 0 aliphatic carbocycles. The van der Waals surface area contributed by atoms with Crippen LogP contribution in [0.4, 0.5) is 15.2 Å². The lowest BCUT2D eigenvalue weighted by Crippen LogP contribution is -2.14. The molecular formula is C21H19FN6OS2. The first-order chi connectivity index (χ1) is 15.1. The first-order valence-corrected chi connectivity index (χ1v) is 11.3. The summed E-state index contributed by atoms with van der Waals surface area (Å²) in [6, 6.07) is 15.6. The van der Waals surface area contributed by atoms with Crippen molar-refractivity contribution >= 4 is 39.8 Å². The van der Waals surface area contributed by atoms with Crippen LogP contribution >= 0.6 is 23.1 Å². The third-order valence-corrected chi connectivity index (χ3v) is 6.18. The SMILES string of the molecule is Cn1c(CNc2nc(-c3ccccc3)cs2)nnc1SCC(=O)Nc1ccc(F)cc1. The molecular weight excluding hydrogens is 435 g/mol. The van der Waals surface area contributed by atoms with Crippen LogP contribution in [0.1, 0.15) is 5.82 Å². The van der Waals surface area contributed by atoms with Crippen molar-refractivity contribution in [1.29, 1.82) is 0 Å². The summed E-state index contributed by atoms with van der Waals surface area (Å²) in [5.74, 6) is 0.360. The van der Waals surface area contributed by atoms with Crippen LogP contribution in [0.2, 0.25) is 0 Å². The van der Waals surface area contributed by atoms with Gasteiger partial charge in [0, 0.05) is 23.7 Å². The molecule has 158 valence electrons. The van der Waals surface area contributed by atoms with E-state index in [4.69, 9.17) is 0 Å². The molecule has 0 radical (unpaired) electrons. The highest BCUT2D eigenvalue weighted by atomic mass is 32.2. The molecule has 0 saturated heterocycles. The van der Waals surface area contributed by atoms with Gasteiger partial charge in [0.15, 0.2) is 16.1 Å². The van der Waals surface area contributed by atoms with Gasteiger partial charge in [-0.25, -0.2) is 9.37 Å². The van der Waals surface area contributed by atoms with Gasteiger partial charge in [-0.05, 0) is 24.3 Å². The number of aromatic nitrogens is 4. The maximum Gasteiger partial charge on any atom is 0.234 e. The molecule has 0 aliphatic heterocycles. The second-order valence-corrected chi connectivity index (χ2v) is 8.36. The van der Waals surface area contributed by atoms with Crippen molar-refractivity contribution in [3.63, 3.8) is 0 Å². The van der Waals surface area contributed by atoms with Gasteiger partial charge in [0.25, 0.3) is 0 Å². The number of thiazole rings is 1. The van der Waals surface area contributed by atoms with Crippen molar-refractivity contribution in [3.05, 3.63) is 71.6 Å². The van der Waals surface area contributed by atoms with Gasteiger partial charge in [0.05, 0.1) is 18.0 Å². The van der Waals surface area contributed by atoms with Gasteiger partial charge in [-0.1, -0.05) is 42.1 Å². The minimum atomic E-state index is -0.346. The van der Waals surface area contributed by atoms with E-state index in [1.807, 2.05) is 47.3 Å². The van der Waals surface area contributed by atoms with E-state index in [0.29, 0.717) is 17.4 Å². The summed E-state index contributed by atoms with van der Waals surface area (Å²) >= 11 is 2.81. The third kappa shape index (κ3) is 5.47. The number of thioether (sulfide) groups is 1. The minimum Gasteiger partial charge on any atom is -0.354 e. The molecule has 2 aromatic carbocycles. The number of nitrogens with zero attached hydrogens (tertiary/aromatic N) is 4. The second kappa shape index (κ2) is 9.71. The zero-order chi connectivity index (χ0) is 21.6. The molecule has 10 heteroatoms. The lowest BCUT2D eigenvalue weighted by molar-refractivity contribution is -0.113. The van der Waals surface area contributed by atoms with Crippen LogP contribution in [0.5, 0.6) is 0 Å². The van der Waals surface area contributed by atoms with Crippen molar-refractivity contribution in [2.24, 2.45) is 7.05 Å². The number of benzene rings is 2. The maximum absolute atomic E-state index is 12.9. The van der Waals surface area contributed by atoms with Gasteiger partial charge in [-0.2, -0.15) is 0 Å². The Balaban J connectivity index is 1.29. The Labute approximate surface area is 186 Å². The van der Waals surface area contributed by atoms with Crippen LogP contribution in [0.15, 0.2) is 65.1 Å². The summed E-state index contributed by atoms with van der Waals surface area (Å²) in [5.41, 5.74) is 2.55. The molecule has 4 aromatic rings. The molecule has 0 bridgehead atoms. The lowest BCUT2D eigenvalue weighted by atomic mass is 10.2. The Kier molecular flexibility index (Phi) is 6.58. The molecule has 2 N–H and O–H groups in total. The summed E-state index contributed by atoms with van der Waals surface area (Å²) in [6.45, 7) is 0.466. The predicted molar refractivity (Wildman–Crippen MR) is 122 cm³/mol. The van der Waals surface area contributed by atoms with E-state index >= 15 is 0 Å². The Morgan fingerprint density at radius 3 is 2.68 bits per heavy atom. The van der Waals surface area contributed by atoms with Crippen molar-refractivity contribution in [3.8, 4) is 11.3 Å². The van der Waals surface area contributed by atoms with Gasteiger partial charge >= 0.3 is 0 Å². The molecule has 2 heterocycles. The number of amides is 1. The molecule has 4 rings (SSSR count). The molecule has 7 nitrogen and oxygen atoms in total. The van der Waals surface area contributed by atoms with E-state index in [1.54, 1.807) is 0 Å².